The molecule has 1 aliphatic rings. The van der Waals surface area contributed by atoms with Gasteiger partial charge < -0.3 is 5.32 Å². The predicted molar refractivity (Wildman–Crippen MR) is 148 cm³/mol. The van der Waals surface area contributed by atoms with Crippen LogP contribution in [-0.2, 0) is 0 Å². The van der Waals surface area contributed by atoms with E-state index < -0.39 is 0 Å². The van der Waals surface area contributed by atoms with Crippen molar-refractivity contribution in [3.8, 4) is 0 Å². The molecule has 3 rings (SSSR count). The van der Waals surface area contributed by atoms with Crippen LogP contribution in [0.2, 0.25) is 0 Å². The van der Waals surface area contributed by atoms with E-state index in [9.17, 15) is 9.18 Å². The Bertz CT molecular complexity index is 993. The topological polar surface area (TPSA) is 53.5 Å². The first-order chi connectivity index (χ1) is 17.4. The highest BCUT2D eigenvalue weighted by atomic mass is 19.1. The maximum atomic E-state index is 14.0. The van der Waals surface area contributed by atoms with Crippen LogP contribution in [0.3, 0.4) is 0 Å². The van der Waals surface area contributed by atoms with Gasteiger partial charge in [-0.15, -0.1) is 0 Å². The predicted octanol–water partition coefficient (Wildman–Crippen LogP) is 7.59. The number of halogens is 1. The Morgan fingerprint density at radius 3 is 2.33 bits per heavy atom. The molecular formula is C31H44FN3O. The molecule has 0 bridgehead atoms. The lowest BCUT2D eigenvalue weighted by atomic mass is 9.79. The summed E-state index contributed by atoms with van der Waals surface area (Å²) in [6.07, 6.45) is 9.13. The Morgan fingerprint density at radius 1 is 1.03 bits per heavy atom. The number of rotatable bonds is 12. The third kappa shape index (κ3) is 7.49. The van der Waals surface area contributed by atoms with E-state index in [1.807, 2.05) is 18.2 Å². The van der Waals surface area contributed by atoms with Crippen LogP contribution in [-0.4, -0.2) is 23.8 Å². The van der Waals surface area contributed by atoms with Crippen LogP contribution in [0.15, 0.2) is 53.5 Å². The second-order valence-electron chi connectivity index (χ2n) is 10.2. The standard InChI is InChI=1S/C31H44FN3O/c1-5-10-29(24-13-15-25(16-14-24)30(36)33-21-6-2)35-31(19-17-23(7-3)18-20-31)34-28(8-4)26-11-9-12-27(32)22-26/h9,11-16,22-23,29,35H,5-8,10,17-21H2,1-4H3,(H,33,36). The minimum Gasteiger partial charge on any atom is -0.352 e. The van der Waals surface area contributed by atoms with E-state index in [1.54, 1.807) is 12.1 Å². The summed E-state index contributed by atoms with van der Waals surface area (Å²) in [5.41, 5.74) is 3.32. The molecule has 1 saturated carbocycles. The normalized spacial score (nSPS) is 21.2. The Labute approximate surface area is 217 Å². The summed E-state index contributed by atoms with van der Waals surface area (Å²) in [6, 6.07) is 15.0. The lowest BCUT2D eigenvalue weighted by Crippen LogP contribution is -2.48. The minimum absolute atomic E-state index is 0.0231. The van der Waals surface area contributed by atoms with Crippen LogP contribution in [0.25, 0.3) is 0 Å². The first-order valence-corrected chi connectivity index (χ1v) is 13.9. The Hall–Kier alpha value is -2.53. The first-order valence-electron chi connectivity index (χ1n) is 13.9. The van der Waals surface area contributed by atoms with E-state index in [-0.39, 0.29) is 23.4 Å². The molecule has 1 unspecified atom stereocenters. The minimum atomic E-state index is -0.375. The molecule has 1 aliphatic carbocycles. The second kappa shape index (κ2) is 13.7. The van der Waals surface area contributed by atoms with Crippen molar-refractivity contribution in [2.24, 2.45) is 10.9 Å². The lowest BCUT2D eigenvalue weighted by Gasteiger charge is -2.41. The van der Waals surface area contributed by atoms with Gasteiger partial charge in [0.1, 0.15) is 11.5 Å². The van der Waals surface area contributed by atoms with Gasteiger partial charge in [-0.1, -0.05) is 64.8 Å². The van der Waals surface area contributed by atoms with Gasteiger partial charge in [0.2, 0.25) is 0 Å². The van der Waals surface area contributed by atoms with Gasteiger partial charge in [0.05, 0.1) is 0 Å². The van der Waals surface area contributed by atoms with Crippen LogP contribution in [0.5, 0.6) is 0 Å². The van der Waals surface area contributed by atoms with Crippen LogP contribution >= 0.6 is 0 Å². The van der Waals surface area contributed by atoms with Crippen LogP contribution in [0.1, 0.15) is 113 Å². The van der Waals surface area contributed by atoms with Crippen molar-refractivity contribution in [2.75, 3.05) is 6.54 Å². The van der Waals surface area contributed by atoms with Crippen LogP contribution < -0.4 is 10.6 Å². The highest BCUT2D eigenvalue weighted by molar-refractivity contribution is 6.00. The maximum absolute atomic E-state index is 14.0. The molecule has 2 aromatic rings. The van der Waals surface area contributed by atoms with Gasteiger partial charge in [-0.3, -0.25) is 15.1 Å². The molecule has 1 fully saturated rings. The molecule has 1 amide bonds. The van der Waals surface area contributed by atoms with Gasteiger partial charge in [-0.25, -0.2) is 4.39 Å². The van der Waals surface area contributed by atoms with E-state index in [0.717, 1.165) is 68.6 Å². The van der Waals surface area contributed by atoms with E-state index in [2.05, 4.69) is 50.5 Å². The molecule has 0 radical (unpaired) electrons. The highest BCUT2D eigenvalue weighted by Crippen LogP contribution is 2.38. The summed E-state index contributed by atoms with van der Waals surface area (Å²) < 4.78 is 14.0. The Morgan fingerprint density at radius 2 is 1.75 bits per heavy atom. The summed E-state index contributed by atoms with van der Waals surface area (Å²) in [4.78, 5) is 17.7. The van der Waals surface area contributed by atoms with Crippen molar-refractivity contribution in [3.05, 3.63) is 71.0 Å². The number of hydrogen-bond donors (Lipinski definition) is 2. The summed E-state index contributed by atoms with van der Waals surface area (Å²) in [5, 5.41) is 6.93. The number of carbonyl (C=O) groups excluding carboxylic acids is 1. The molecule has 196 valence electrons. The smallest absolute Gasteiger partial charge is 0.251 e. The first kappa shape index (κ1) is 28.0. The van der Waals surface area contributed by atoms with Crippen molar-refractivity contribution in [1.29, 1.82) is 0 Å². The van der Waals surface area contributed by atoms with E-state index in [4.69, 9.17) is 4.99 Å². The molecule has 2 aromatic carbocycles. The van der Waals surface area contributed by atoms with Crippen molar-refractivity contribution >= 4 is 11.6 Å². The summed E-state index contributed by atoms with van der Waals surface area (Å²) in [5.74, 6) is 0.488. The number of nitrogens with one attached hydrogen (secondary N) is 2. The van der Waals surface area contributed by atoms with E-state index >= 15 is 0 Å². The highest BCUT2D eigenvalue weighted by Gasteiger charge is 2.37. The average molecular weight is 494 g/mol. The quantitative estimate of drug-likeness (QED) is 0.299. The monoisotopic (exact) mass is 493 g/mol. The largest absolute Gasteiger partial charge is 0.352 e. The summed E-state index contributed by atoms with van der Waals surface area (Å²) >= 11 is 0. The van der Waals surface area contributed by atoms with Crippen molar-refractivity contribution in [3.63, 3.8) is 0 Å². The van der Waals surface area contributed by atoms with Gasteiger partial charge in [0, 0.05) is 23.9 Å². The van der Waals surface area contributed by atoms with E-state index in [1.165, 1.54) is 18.1 Å². The number of nitrogens with zero attached hydrogens (tertiary/aromatic N) is 1. The second-order valence-corrected chi connectivity index (χ2v) is 10.2. The van der Waals surface area contributed by atoms with Gasteiger partial charge in [0.15, 0.2) is 0 Å². The molecule has 0 heterocycles. The number of hydrogen-bond acceptors (Lipinski definition) is 3. The number of carbonyl (C=O) groups is 1. The summed E-state index contributed by atoms with van der Waals surface area (Å²) in [7, 11) is 0. The van der Waals surface area contributed by atoms with Crippen molar-refractivity contribution in [2.45, 2.75) is 97.2 Å². The molecule has 0 spiro atoms. The lowest BCUT2D eigenvalue weighted by molar-refractivity contribution is 0.0953. The molecule has 5 heteroatoms. The zero-order chi connectivity index (χ0) is 26.0. The Kier molecular flexibility index (Phi) is 10.7. The fourth-order valence-corrected chi connectivity index (χ4v) is 5.27. The van der Waals surface area contributed by atoms with E-state index in [0.29, 0.717) is 12.1 Å². The van der Waals surface area contributed by atoms with Gasteiger partial charge in [-0.05, 0) is 86.3 Å². The Balaban J connectivity index is 1.91. The fraction of sp³-hybridized carbons (Fsp3) is 0.548. The van der Waals surface area contributed by atoms with Gasteiger partial charge in [0.25, 0.3) is 5.91 Å². The SMILES string of the molecule is CCCNC(=O)c1ccc(C(CCC)NC2(N=C(CC)c3cccc(F)c3)CCC(CC)CC2)cc1. The zero-order valence-electron chi connectivity index (χ0n) is 22.6. The number of aliphatic imine (C=N–C) groups is 1. The molecular weight excluding hydrogens is 449 g/mol. The summed E-state index contributed by atoms with van der Waals surface area (Å²) in [6.45, 7) is 9.31. The third-order valence-electron chi connectivity index (χ3n) is 7.48. The number of amides is 1. The van der Waals surface area contributed by atoms with Crippen molar-refractivity contribution < 1.29 is 9.18 Å². The van der Waals surface area contributed by atoms with Gasteiger partial charge >= 0.3 is 0 Å². The average Bonchev–Trinajstić information content (AvgIpc) is 2.90. The van der Waals surface area contributed by atoms with Crippen molar-refractivity contribution in [1.82, 2.24) is 10.6 Å². The maximum Gasteiger partial charge on any atom is 0.251 e. The van der Waals surface area contributed by atoms with Crippen LogP contribution in [0, 0.1) is 11.7 Å². The molecule has 2 N–H and O–H groups in total. The molecule has 0 saturated heterocycles. The molecule has 0 aliphatic heterocycles. The molecule has 1 atom stereocenters. The number of benzene rings is 2. The van der Waals surface area contributed by atoms with Crippen LogP contribution in [0.4, 0.5) is 4.39 Å². The fourth-order valence-electron chi connectivity index (χ4n) is 5.27. The molecule has 0 aromatic heterocycles. The zero-order valence-corrected chi connectivity index (χ0v) is 22.6. The van der Waals surface area contributed by atoms with Gasteiger partial charge in [-0.2, -0.15) is 0 Å². The third-order valence-corrected chi connectivity index (χ3v) is 7.48. The molecule has 4 nitrogen and oxygen atoms in total. The molecule has 36 heavy (non-hydrogen) atoms.